The summed E-state index contributed by atoms with van der Waals surface area (Å²) in [5.74, 6) is 1.80. The summed E-state index contributed by atoms with van der Waals surface area (Å²) in [5.41, 5.74) is 7.46. The lowest BCUT2D eigenvalue weighted by Gasteiger charge is -1.99. The van der Waals surface area contributed by atoms with Gasteiger partial charge in [0.05, 0.1) is 5.56 Å². The first-order chi connectivity index (χ1) is 9.31. The van der Waals surface area contributed by atoms with Crippen molar-refractivity contribution in [3.05, 3.63) is 66.0 Å². The van der Waals surface area contributed by atoms with Crippen LogP contribution >= 0.6 is 0 Å². The summed E-state index contributed by atoms with van der Waals surface area (Å²) < 4.78 is 8.09. The molecule has 0 unspecified atom stereocenters. The Morgan fingerprint density at radius 3 is 2.37 bits per heavy atom. The lowest BCUT2D eigenvalue weighted by molar-refractivity contribution is -0.386. The Balaban J connectivity index is 2.18. The topological polar surface area (TPSA) is 45.7 Å². The molecule has 3 heteroatoms. The van der Waals surface area contributed by atoms with Gasteiger partial charge in [-0.2, -0.15) is 0 Å². The van der Waals surface area contributed by atoms with Crippen molar-refractivity contribution in [2.45, 2.75) is 13.5 Å². The van der Waals surface area contributed by atoms with Crippen molar-refractivity contribution in [3.8, 4) is 17.2 Å². The van der Waals surface area contributed by atoms with Crippen molar-refractivity contribution in [1.29, 1.82) is 0 Å². The molecule has 96 valence electrons. The van der Waals surface area contributed by atoms with Crippen molar-refractivity contribution in [2.24, 2.45) is 0 Å². The molecule has 0 aliphatic heterocycles. The second-order valence-corrected chi connectivity index (χ2v) is 4.55. The van der Waals surface area contributed by atoms with Gasteiger partial charge in [0.15, 0.2) is 0 Å². The van der Waals surface area contributed by atoms with Gasteiger partial charge < -0.3 is 10.2 Å². The first-order valence-electron chi connectivity index (χ1n) is 6.41. The summed E-state index contributed by atoms with van der Waals surface area (Å²) in [6, 6.07) is 14.2. The van der Waals surface area contributed by atoms with Gasteiger partial charge >= 0.3 is 0 Å². The molecule has 0 aliphatic carbocycles. The van der Waals surface area contributed by atoms with Gasteiger partial charge in [0.1, 0.15) is 12.3 Å². The van der Waals surface area contributed by atoms with Gasteiger partial charge in [0.25, 0.3) is 0 Å². The SMILES string of the molecule is Cc1c(-c2ccccc2)oc(-n2cccc2)c1C[NH3+]. The maximum atomic E-state index is 6.09. The van der Waals surface area contributed by atoms with Crippen LogP contribution in [0.25, 0.3) is 17.2 Å². The Morgan fingerprint density at radius 1 is 1.05 bits per heavy atom. The van der Waals surface area contributed by atoms with Crippen LogP contribution in [0.3, 0.4) is 0 Å². The Kier molecular flexibility index (Phi) is 2.97. The van der Waals surface area contributed by atoms with Crippen LogP contribution < -0.4 is 5.73 Å². The third kappa shape index (κ3) is 1.98. The standard InChI is InChI=1S/C16H16N2O/c1-12-14(11-17)16(18-9-5-6-10-18)19-15(12)13-7-3-2-4-8-13/h2-10H,11,17H2,1H3/p+1. The van der Waals surface area contributed by atoms with Crippen LogP contribution in [0.1, 0.15) is 11.1 Å². The highest BCUT2D eigenvalue weighted by Gasteiger charge is 2.19. The maximum Gasteiger partial charge on any atom is 0.213 e. The van der Waals surface area contributed by atoms with E-state index in [1.54, 1.807) is 0 Å². The van der Waals surface area contributed by atoms with E-state index in [0.717, 1.165) is 29.3 Å². The predicted molar refractivity (Wildman–Crippen MR) is 74.8 cm³/mol. The summed E-state index contributed by atoms with van der Waals surface area (Å²) in [5, 5.41) is 0. The van der Waals surface area contributed by atoms with Gasteiger partial charge in [-0.15, -0.1) is 0 Å². The number of nitrogens with zero attached hydrogens (tertiary/aromatic N) is 1. The van der Waals surface area contributed by atoms with Crippen molar-refractivity contribution in [2.75, 3.05) is 0 Å². The maximum absolute atomic E-state index is 6.09. The van der Waals surface area contributed by atoms with E-state index in [4.69, 9.17) is 4.42 Å². The molecule has 3 nitrogen and oxygen atoms in total. The molecule has 0 spiro atoms. The molecule has 3 rings (SSSR count). The second kappa shape index (κ2) is 4.78. The minimum absolute atomic E-state index is 0.718. The normalized spacial score (nSPS) is 10.8. The van der Waals surface area contributed by atoms with Crippen LogP contribution in [0.5, 0.6) is 0 Å². The molecule has 0 atom stereocenters. The molecule has 3 N–H and O–H groups in total. The summed E-state index contributed by atoms with van der Waals surface area (Å²) in [6.07, 6.45) is 3.98. The van der Waals surface area contributed by atoms with Gasteiger partial charge in [-0.3, -0.25) is 4.57 Å². The number of rotatable bonds is 3. The number of hydrogen-bond donors (Lipinski definition) is 1. The van der Waals surface area contributed by atoms with E-state index in [1.807, 2.05) is 47.3 Å². The molecule has 1 aromatic carbocycles. The lowest BCUT2D eigenvalue weighted by Crippen LogP contribution is -2.47. The molecular formula is C16H17N2O+. The number of quaternary nitrogens is 1. The van der Waals surface area contributed by atoms with E-state index in [1.165, 1.54) is 5.56 Å². The van der Waals surface area contributed by atoms with E-state index in [2.05, 4.69) is 24.8 Å². The highest BCUT2D eigenvalue weighted by atomic mass is 16.4. The zero-order chi connectivity index (χ0) is 13.2. The molecule has 0 amide bonds. The molecule has 19 heavy (non-hydrogen) atoms. The number of hydrogen-bond acceptors (Lipinski definition) is 1. The smallest absolute Gasteiger partial charge is 0.213 e. The van der Waals surface area contributed by atoms with Gasteiger partial charge in [0.2, 0.25) is 5.88 Å². The Morgan fingerprint density at radius 2 is 1.74 bits per heavy atom. The molecule has 0 fully saturated rings. The summed E-state index contributed by atoms with van der Waals surface area (Å²) in [4.78, 5) is 0. The molecule has 2 aromatic heterocycles. The average Bonchev–Trinajstić information content (AvgIpc) is 3.07. The van der Waals surface area contributed by atoms with Crippen molar-refractivity contribution < 1.29 is 10.2 Å². The summed E-state index contributed by atoms with van der Waals surface area (Å²) in [6.45, 7) is 2.81. The Labute approximate surface area is 112 Å². The minimum atomic E-state index is 0.718. The quantitative estimate of drug-likeness (QED) is 0.766. The molecule has 0 saturated heterocycles. The lowest BCUT2D eigenvalue weighted by atomic mass is 10.1. The molecular weight excluding hydrogens is 236 g/mol. The Hall–Kier alpha value is -2.26. The first kappa shape index (κ1) is 11.8. The predicted octanol–water partition coefficient (Wildman–Crippen LogP) is 2.79. The molecule has 2 heterocycles. The van der Waals surface area contributed by atoms with Gasteiger partial charge in [-0.05, 0) is 19.1 Å². The molecule has 3 aromatic rings. The fourth-order valence-electron chi connectivity index (χ4n) is 2.37. The van der Waals surface area contributed by atoms with Gasteiger partial charge in [-0.1, -0.05) is 30.3 Å². The van der Waals surface area contributed by atoms with E-state index in [0.29, 0.717) is 0 Å². The van der Waals surface area contributed by atoms with E-state index < -0.39 is 0 Å². The van der Waals surface area contributed by atoms with E-state index in [-0.39, 0.29) is 0 Å². The highest BCUT2D eigenvalue weighted by Crippen LogP contribution is 2.32. The summed E-state index contributed by atoms with van der Waals surface area (Å²) >= 11 is 0. The van der Waals surface area contributed by atoms with Gasteiger partial charge in [0, 0.05) is 23.5 Å². The van der Waals surface area contributed by atoms with Crippen LogP contribution in [0.15, 0.2) is 59.3 Å². The second-order valence-electron chi connectivity index (χ2n) is 4.55. The molecule has 0 bridgehead atoms. The average molecular weight is 253 g/mol. The van der Waals surface area contributed by atoms with Crippen molar-refractivity contribution in [1.82, 2.24) is 4.57 Å². The molecule has 0 aliphatic rings. The third-order valence-electron chi connectivity index (χ3n) is 3.38. The molecule has 0 radical (unpaired) electrons. The third-order valence-corrected chi connectivity index (χ3v) is 3.38. The first-order valence-corrected chi connectivity index (χ1v) is 6.41. The zero-order valence-corrected chi connectivity index (χ0v) is 11.0. The van der Waals surface area contributed by atoms with E-state index >= 15 is 0 Å². The fraction of sp³-hybridized carbons (Fsp3) is 0.125. The summed E-state index contributed by atoms with van der Waals surface area (Å²) in [7, 11) is 0. The van der Waals surface area contributed by atoms with Gasteiger partial charge in [-0.25, -0.2) is 0 Å². The Bertz CT molecular complexity index is 666. The number of benzene rings is 1. The monoisotopic (exact) mass is 253 g/mol. The zero-order valence-electron chi connectivity index (χ0n) is 11.0. The van der Waals surface area contributed by atoms with Crippen LogP contribution in [0.4, 0.5) is 0 Å². The van der Waals surface area contributed by atoms with Crippen LogP contribution in [-0.2, 0) is 6.54 Å². The van der Waals surface area contributed by atoms with Crippen molar-refractivity contribution >= 4 is 0 Å². The largest absolute Gasteiger partial charge is 0.439 e. The van der Waals surface area contributed by atoms with Crippen LogP contribution in [0.2, 0.25) is 0 Å². The van der Waals surface area contributed by atoms with Crippen LogP contribution in [-0.4, -0.2) is 4.57 Å². The fourth-order valence-corrected chi connectivity index (χ4v) is 2.37. The number of furan rings is 1. The highest BCUT2D eigenvalue weighted by molar-refractivity contribution is 5.65. The molecule has 0 saturated carbocycles. The van der Waals surface area contributed by atoms with E-state index in [9.17, 15) is 0 Å². The number of aromatic nitrogens is 1. The van der Waals surface area contributed by atoms with Crippen molar-refractivity contribution in [3.63, 3.8) is 0 Å². The minimum Gasteiger partial charge on any atom is -0.439 e. The van der Waals surface area contributed by atoms with Crippen LogP contribution in [0, 0.1) is 6.92 Å².